The van der Waals surface area contributed by atoms with Gasteiger partial charge in [0.2, 0.25) is 0 Å². The first kappa shape index (κ1) is 15.8. The maximum absolute atomic E-state index is 12.4. The van der Waals surface area contributed by atoms with Crippen molar-refractivity contribution in [1.82, 2.24) is 9.88 Å². The second-order valence-electron chi connectivity index (χ2n) is 5.46. The van der Waals surface area contributed by atoms with Gasteiger partial charge in [0.1, 0.15) is 5.82 Å². The van der Waals surface area contributed by atoms with E-state index < -0.39 is 6.10 Å². The molecule has 1 fully saturated rings. The molecule has 2 aromatic rings. The number of carbonyl (C=O) groups excluding carboxylic acids is 1. The van der Waals surface area contributed by atoms with Crippen LogP contribution < -0.4 is 4.90 Å². The Morgan fingerprint density at radius 1 is 1.09 bits per heavy atom. The minimum Gasteiger partial charge on any atom is -0.378 e. The number of piperazine rings is 1. The van der Waals surface area contributed by atoms with Crippen molar-refractivity contribution in [3.8, 4) is 0 Å². The Bertz CT molecular complexity index is 655. The molecular weight excluding hydrogens is 314 g/mol. The predicted molar refractivity (Wildman–Crippen MR) is 89.4 cm³/mol. The van der Waals surface area contributed by atoms with Crippen LogP contribution in [0.2, 0.25) is 5.02 Å². The Kier molecular flexibility index (Phi) is 4.79. The summed E-state index contributed by atoms with van der Waals surface area (Å²) in [6.45, 7) is 2.49. The Labute approximate surface area is 140 Å². The summed E-state index contributed by atoms with van der Waals surface area (Å²) in [6.07, 6.45) is 0.518. The number of carbonyl (C=O) groups is 1. The van der Waals surface area contributed by atoms with Crippen molar-refractivity contribution in [2.45, 2.75) is 6.10 Å². The monoisotopic (exact) mass is 331 g/mol. The van der Waals surface area contributed by atoms with Gasteiger partial charge in [-0.3, -0.25) is 4.79 Å². The van der Waals surface area contributed by atoms with Gasteiger partial charge in [0.15, 0.2) is 6.10 Å². The molecule has 6 heteroatoms. The smallest absolute Gasteiger partial charge is 0.256 e. The predicted octanol–water partition coefficient (Wildman–Crippen LogP) is 2.12. The molecule has 23 heavy (non-hydrogen) atoms. The average molecular weight is 332 g/mol. The second kappa shape index (κ2) is 6.98. The maximum atomic E-state index is 12.4. The van der Waals surface area contributed by atoms with Gasteiger partial charge >= 0.3 is 0 Å². The summed E-state index contributed by atoms with van der Waals surface area (Å²) in [6, 6.07) is 12.7. The number of anilines is 1. The van der Waals surface area contributed by atoms with Crippen LogP contribution in [0.4, 0.5) is 5.82 Å². The van der Waals surface area contributed by atoms with Crippen LogP contribution in [0, 0.1) is 0 Å². The van der Waals surface area contributed by atoms with Crippen LogP contribution in [0.1, 0.15) is 11.7 Å². The van der Waals surface area contributed by atoms with E-state index in [0.29, 0.717) is 36.8 Å². The number of amides is 1. The number of pyridine rings is 1. The van der Waals surface area contributed by atoms with Crippen molar-refractivity contribution in [2.75, 3.05) is 31.1 Å². The molecule has 0 saturated carbocycles. The summed E-state index contributed by atoms with van der Waals surface area (Å²) in [5.74, 6) is 0.602. The van der Waals surface area contributed by atoms with E-state index in [4.69, 9.17) is 11.6 Å². The Balaban J connectivity index is 1.60. The Hall–Kier alpha value is -2.11. The number of aliphatic hydroxyl groups excluding tert-OH is 1. The van der Waals surface area contributed by atoms with Gasteiger partial charge in [0, 0.05) is 32.4 Å². The minimum absolute atomic E-state index is 0.250. The van der Waals surface area contributed by atoms with E-state index in [1.54, 1.807) is 29.3 Å². The zero-order valence-corrected chi connectivity index (χ0v) is 13.4. The molecule has 0 spiro atoms. The molecule has 1 aliphatic heterocycles. The van der Waals surface area contributed by atoms with E-state index >= 15 is 0 Å². The highest BCUT2D eigenvalue weighted by atomic mass is 35.5. The molecular formula is C17H18ClN3O2. The first-order chi connectivity index (χ1) is 11.1. The fourth-order valence-corrected chi connectivity index (χ4v) is 2.77. The van der Waals surface area contributed by atoms with E-state index in [1.807, 2.05) is 24.3 Å². The molecule has 5 nitrogen and oxygen atoms in total. The lowest BCUT2D eigenvalue weighted by Crippen LogP contribution is -2.50. The van der Waals surface area contributed by atoms with Gasteiger partial charge in [0.25, 0.3) is 5.91 Å². The van der Waals surface area contributed by atoms with Crippen LogP contribution in [0.25, 0.3) is 0 Å². The normalized spacial score (nSPS) is 16.3. The number of rotatable bonds is 3. The largest absolute Gasteiger partial charge is 0.378 e. The highest BCUT2D eigenvalue weighted by Gasteiger charge is 2.27. The van der Waals surface area contributed by atoms with E-state index in [1.165, 1.54) is 0 Å². The number of nitrogens with zero attached hydrogens (tertiary/aromatic N) is 3. The van der Waals surface area contributed by atoms with Crippen molar-refractivity contribution < 1.29 is 9.90 Å². The van der Waals surface area contributed by atoms with Gasteiger partial charge in [0.05, 0.1) is 5.02 Å². The Morgan fingerprint density at radius 3 is 2.39 bits per heavy atom. The van der Waals surface area contributed by atoms with Gasteiger partial charge < -0.3 is 14.9 Å². The number of benzene rings is 1. The molecule has 1 saturated heterocycles. The topological polar surface area (TPSA) is 56.7 Å². The van der Waals surface area contributed by atoms with Crippen molar-refractivity contribution in [2.24, 2.45) is 0 Å². The molecule has 1 atom stereocenters. The summed E-state index contributed by atoms with van der Waals surface area (Å²) < 4.78 is 0. The SMILES string of the molecule is O=C([C@H](O)c1ccccc1)N1CCN(c2ccc(Cl)cn2)CC1. The van der Waals surface area contributed by atoms with Gasteiger partial charge in [-0.25, -0.2) is 4.98 Å². The fourth-order valence-electron chi connectivity index (χ4n) is 2.66. The first-order valence-corrected chi connectivity index (χ1v) is 7.91. The molecule has 1 amide bonds. The van der Waals surface area contributed by atoms with Crippen LogP contribution in [0.5, 0.6) is 0 Å². The zero-order chi connectivity index (χ0) is 16.2. The standard InChI is InChI=1S/C17H18ClN3O2/c18-14-6-7-15(19-12-14)20-8-10-21(11-9-20)17(23)16(22)13-4-2-1-3-5-13/h1-7,12,16,22H,8-11H2/t16-/m1/s1. The second-order valence-corrected chi connectivity index (χ2v) is 5.90. The lowest BCUT2D eigenvalue weighted by molar-refractivity contribution is -0.140. The fraction of sp³-hybridized carbons (Fsp3) is 0.294. The van der Waals surface area contributed by atoms with Crippen molar-refractivity contribution in [3.63, 3.8) is 0 Å². The molecule has 0 bridgehead atoms. The molecule has 0 aliphatic carbocycles. The number of hydrogen-bond donors (Lipinski definition) is 1. The summed E-state index contributed by atoms with van der Waals surface area (Å²) in [5, 5.41) is 10.8. The first-order valence-electron chi connectivity index (χ1n) is 7.53. The molecule has 1 aliphatic rings. The van der Waals surface area contributed by atoms with E-state index in [0.717, 1.165) is 5.82 Å². The highest BCUT2D eigenvalue weighted by molar-refractivity contribution is 6.30. The van der Waals surface area contributed by atoms with Gasteiger partial charge in [-0.05, 0) is 17.7 Å². The quantitative estimate of drug-likeness (QED) is 0.936. The van der Waals surface area contributed by atoms with Crippen LogP contribution in [0.15, 0.2) is 48.7 Å². The third-order valence-electron chi connectivity index (χ3n) is 3.98. The number of hydrogen-bond acceptors (Lipinski definition) is 4. The van der Waals surface area contributed by atoms with Crippen LogP contribution in [-0.4, -0.2) is 47.1 Å². The van der Waals surface area contributed by atoms with Crippen molar-refractivity contribution in [3.05, 3.63) is 59.2 Å². The lowest BCUT2D eigenvalue weighted by atomic mass is 10.1. The number of aliphatic hydroxyl groups is 1. The summed E-state index contributed by atoms with van der Waals surface area (Å²) in [7, 11) is 0. The molecule has 0 unspecified atom stereocenters. The lowest BCUT2D eigenvalue weighted by Gasteiger charge is -2.36. The van der Waals surface area contributed by atoms with Crippen LogP contribution >= 0.6 is 11.6 Å². The number of halogens is 1. The number of aromatic nitrogens is 1. The van der Waals surface area contributed by atoms with E-state index in [2.05, 4.69) is 9.88 Å². The van der Waals surface area contributed by atoms with E-state index in [9.17, 15) is 9.90 Å². The van der Waals surface area contributed by atoms with E-state index in [-0.39, 0.29) is 5.91 Å². The van der Waals surface area contributed by atoms with Gasteiger partial charge in [-0.2, -0.15) is 0 Å². The van der Waals surface area contributed by atoms with Crippen LogP contribution in [0.3, 0.4) is 0 Å². The summed E-state index contributed by atoms with van der Waals surface area (Å²) >= 11 is 5.85. The minimum atomic E-state index is -1.10. The van der Waals surface area contributed by atoms with Crippen LogP contribution in [-0.2, 0) is 4.79 Å². The van der Waals surface area contributed by atoms with Crippen molar-refractivity contribution in [1.29, 1.82) is 0 Å². The Morgan fingerprint density at radius 2 is 1.78 bits per heavy atom. The average Bonchev–Trinajstić information content (AvgIpc) is 2.62. The summed E-state index contributed by atoms with van der Waals surface area (Å²) in [5.41, 5.74) is 0.624. The summed E-state index contributed by atoms with van der Waals surface area (Å²) in [4.78, 5) is 20.5. The van der Waals surface area contributed by atoms with Gasteiger partial charge in [-0.15, -0.1) is 0 Å². The molecule has 1 aromatic carbocycles. The molecule has 1 N–H and O–H groups in total. The molecule has 120 valence electrons. The van der Waals surface area contributed by atoms with Crippen molar-refractivity contribution >= 4 is 23.3 Å². The zero-order valence-electron chi connectivity index (χ0n) is 12.6. The molecule has 2 heterocycles. The molecule has 1 aromatic heterocycles. The third-order valence-corrected chi connectivity index (χ3v) is 4.20. The highest BCUT2D eigenvalue weighted by Crippen LogP contribution is 2.19. The van der Waals surface area contributed by atoms with Gasteiger partial charge in [-0.1, -0.05) is 41.9 Å². The third kappa shape index (κ3) is 3.63. The molecule has 3 rings (SSSR count). The molecule has 0 radical (unpaired) electrons. The maximum Gasteiger partial charge on any atom is 0.256 e.